The Morgan fingerprint density at radius 2 is 1.91 bits per heavy atom. The van der Waals surface area contributed by atoms with Crippen molar-refractivity contribution in [2.75, 3.05) is 10.6 Å². The van der Waals surface area contributed by atoms with Crippen molar-refractivity contribution in [1.29, 1.82) is 0 Å². The number of benzene rings is 3. The van der Waals surface area contributed by atoms with Gasteiger partial charge in [0.2, 0.25) is 11.8 Å². The van der Waals surface area contributed by atoms with Crippen LogP contribution >= 0.6 is 0 Å². The van der Waals surface area contributed by atoms with Crippen molar-refractivity contribution in [1.82, 2.24) is 4.98 Å². The van der Waals surface area contributed by atoms with Crippen LogP contribution in [0.2, 0.25) is 0 Å². The topological polar surface area (TPSA) is 115 Å². The van der Waals surface area contributed by atoms with Crippen LogP contribution in [0, 0.1) is 0 Å². The standard InChI is InChI=1S/C26H23N5O3/c1-3-26(34-23-12-6-9-20-21(23)10-5-11-22(20)29-17(2)32)31-25(14-27)30-19-8-4-7-18(13-19)24-15-28-16-33-24/h3-16,30H,1,27H2,2H3,(H,29,32)/b25-14-,31-26?. The fourth-order valence-electron chi connectivity index (χ4n) is 3.37. The maximum absolute atomic E-state index is 11.5. The number of aromatic nitrogens is 1. The Hall–Kier alpha value is -4.85. The molecule has 0 fully saturated rings. The zero-order valence-corrected chi connectivity index (χ0v) is 18.5. The monoisotopic (exact) mass is 453 g/mol. The molecule has 3 aromatic carbocycles. The Balaban J connectivity index is 1.59. The second kappa shape index (κ2) is 10.2. The Morgan fingerprint density at radius 1 is 1.12 bits per heavy atom. The summed E-state index contributed by atoms with van der Waals surface area (Å²) in [5.74, 6) is 1.67. The highest BCUT2D eigenvalue weighted by Crippen LogP contribution is 2.31. The predicted octanol–water partition coefficient (Wildman–Crippen LogP) is 5.29. The Kier molecular flexibility index (Phi) is 6.69. The van der Waals surface area contributed by atoms with Crippen LogP contribution in [0.15, 0.2) is 107 Å². The lowest BCUT2D eigenvalue weighted by Gasteiger charge is -2.13. The lowest BCUT2D eigenvalue weighted by Crippen LogP contribution is -2.10. The number of hydrogen-bond donors (Lipinski definition) is 3. The number of amides is 1. The molecule has 8 nitrogen and oxygen atoms in total. The van der Waals surface area contributed by atoms with Crippen molar-refractivity contribution in [3.05, 3.63) is 97.9 Å². The molecule has 0 unspecified atom stereocenters. The van der Waals surface area contributed by atoms with Crippen LogP contribution in [0.3, 0.4) is 0 Å². The summed E-state index contributed by atoms with van der Waals surface area (Å²) in [6.45, 7) is 5.28. The number of nitrogens with one attached hydrogen (secondary N) is 2. The summed E-state index contributed by atoms with van der Waals surface area (Å²) >= 11 is 0. The van der Waals surface area contributed by atoms with E-state index >= 15 is 0 Å². The fourth-order valence-corrected chi connectivity index (χ4v) is 3.37. The minimum absolute atomic E-state index is 0.150. The highest BCUT2D eigenvalue weighted by atomic mass is 16.5. The van der Waals surface area contributed by atoms with Crippen molar-refractivity contribution in [3.8, 4) is 17.1 Å². The summed E-state index contributed by atoms with van der Waals surface area (Å²) in [7, 11) is 0. The first-order valence-electron chi connectivity index (χ1n) is 10.4. The van der Waals surface area contributed by atoms with Gasteiger partial charge < -0.3 is 25.5 Å². The van der Waals surface area contributed by atoms with Gasteiger partial charge in [0.15, 0.2) is 12.2 Å². The lowest BCUT2D eigenvalue weighted by atomic mass is 10.1. The highest BCUT2D eigenvalue weighted by molar-refractivity contribution is 6.04. The van der Waals surface area contributed by atoms with E-state index in [1.54, 1.807) is 6.20 Å². The Morgan fingerprint density at radius 3 is 2.65 bits per heavy atom. The van der Waals surface area contributed by atoms with Gasteiger partial charge in [-0.2, -0.15) is 4.99 Å². The van der Waals surface area contributed by atoms with Gasteiger partial charge in [-0.15, -0.1) is 0 Å². The smallest absolute Gasteiger partial charge is 0.221 e. The number of nitrogens with zero attached hydrogens (tertiary/aromatic N) is 2. The van der Waals surface area contributed by atoms with Gasteiger partial charge in [-0.3, -0.25) is 4.79 Å². The van der Waals surface area contributed by atoms with E-state index in [4.69, 9.17) is 14.9 Å². The molecule has 0 bridgehead atoms. The van der Waals surface area contributed by atoms with Gasteiger partial charge in [-0.25, -0.2) is 4.98 Å². The molecule has 0 atom stereocenters. The molecular formula is C26H23N5O3. The Labute approximate surface area is 196 Å². The third-order valence-corrected chi connectivity index (χ3v) is 4.82. The molecule has 0 saturated heterocycles. The third-order valence-electron chi connectivity index (χ3n) is 4.82. The van der Waals surface area contributed by atoms with Crippen LogP contribution < -0.4 is 21.1 Å². The van der Waals surface area contributed by atoms with Crippen molar-refractivity contribution in [2.24, 2.45) is 10.7 Å². The lowest BCUT2D eigenvalue weighted by molar-refractivity contribution is -0.114. The number of rotatable bonds is 7. The molecule has 4 aromatic rings. The minimum Gasteiger partial charge on any atom is -0.444 e. The van der Waals surface area contributed by atoms with Gasteiger partial charge in [0.25, 0.3) is 0 Å². The average molecular weight is 454 g/mol. The quantitative estimate of drug-likeness (QED) is 0.259. The van der Waals surface area contributed by atoms with Gasteiger partial charge in [-0.1, -0.05) is 43.0 Å². The molecule has 1 amide bonds. The summed E-state index contributed by atoms with van der Waals surface area (Å²) in [4.78, 5) is 20.0. The summed E-state index contributed by atoms with van der Waals surface area (Å²) < 4.78 is 11.4. The zero-order chi connectivity index (χ0) is 23.9. The molecule has 0 radical (unpaired) electrons. The van der Waals surface area contributed by atoms with Gasteiger partial charge in [0, 0.05) is 40.8 Å². The predicted molar refractivity (Wildman–Crippen MR) is 134 cm³/mol. The van der Waals surface area contributed by atoms with Crippen molar-refractivity contribution in [2.45, 2.75) is 6.92 Å². The number of ether oxygens (including phenoxy) is 1. The number of hydrogen-bond acceptors (Lipinski definition) is 7. The van der Waals surface area contributed by atoms with E-state index in [1.165, 1.54) is 25.6 Å². The number of fused-ring (bicyclic) bond motifs is 1. The summed E-state index contributed by atoms with van der Waals surface area (Å²) in [6, 6.07) is 18.7. The van der Waals surface area contributed by atoms with E-state index in [0.29, 0.717) is 23.0 Å². The van der Waals surface area contributed by atoms with E-state index in [-0.39, 0.29) is 11.8 Å². The second-order valence-corrected chi connectivity index (χ2v) is 7.22. The molecule has 34 heavy (non-hydrogen) atoms. The molecule has 4 rings (SSSR count). The first-order valence-corrected chi connectivity index (χ1v) is 10.4. The van der Waals surface area contributed by atoms with Crippen LogP contribution in [-0.2, 0) is 4.79 Å². The first-order chi connectivity index (χ1) is 16.6. The number of aliphatic imine (C=N–C) groups is 1. The molecule has 1 heterocycles. The number of carbonyl (C=O) groups is 1. The van der Waals surface area contributed by atoms with Crippen LogP contribution in [0.5, 0.6) is 5.75 Å². The number of oxazole rings is 1. The molecule has 0 aliphatic carbocycles. The van der Waals surface area contributed by atoms with E-state index in [2.05, 4.69) is 27.2 Å². The molecule has 0 aliphatic heterocycles. The molecule has 8 heteroatoms. The van der Waals surface area contributed by atoms with Gasteiger partial charge in [0.05, 0.1) is 6.20 Å². The van der Waals surface area contributed by atoms with Gasteiger partial charge in [-0.05, 0) is 30.3 Å². The van der Waals surface area contributed by atoms with Crippen LogP contribution in [0.4, 0.5) is 11.4 Å². The number of nitrogens with two attached hydrogens (primary N) is 1. The van der Waals surface area contributed by atoms with Crippen molar-refractivity contribution in [3.63, 3.8) is 0 Å². The molecule has 0 spiro atoms. The molecule has 1 aromatic heterocycles. The van der Waals surface area contributed by atoms with Crippen LogP contribution in [0.1, 0.15) is 6.92 Å². The zero-order valence-electron chi connectivity index (χ0n) is 18.5. The minimum atomic E-state index is -0.150. The molecule has 170 valence electrons. The molecule has 0 aliphatic rings. The summed E-state index contributed by atoms with van der Waals surface area (Å²) in [5, 5.41) is 7.65. The van der Waals surface area contributed by atoms with Gasteiger partial charge >= 0.3 is 0 Å². The second-order valence-electron chi connectivity index (χ2n) is 7.22. The van der Waals surface area contributed by atoms with Crippen LogP contribution in [0.25, 0.3) is 22.1 Å². The largest absolute Gasteiger partial charge is 0.444 e. The maximum Gasteiger partial charge on any atom is 0.221 e. The third kappa shape index (κ3) is 5.13. The normalized spacial score (nSPS) is 11.8. The molecule has 4 N–H and O–H groups in total. The van der Waals surface area contributed by atoms with Crippen molar-refractivity contribution >= 4 is 34.0 Å². The van der Waals surface area contributed by atoms with Gasteiger partial charge in [0.1, 0.15) is 11.6 Å². The maximum atomic E-state index is 11.5. The first kappa shape index (κ1) is 22.3. The van der Waals surface area contributed by atoms with Crippen LogP contribution in [-0.4, -0.2) is 16.8 Å². The Bertz CT molecular complexity index is 1390. The molecular weight excluding hydrogens is 430 g/mol. The van der Waals surface area contributed by atoms with E-state index < -0.39 is 0 Å². The fraction of sp³-hybridized carbons (Fsp3) is 0.0385. The summed E-state index contributed by atoms with van der Waals surface area (Å²) in [5.41, 5.74) is 8.12. The van der Waals surface area contributed by atoms with E-state index in [9.17, 15) is 4.79 Å². The average Bonchev–Trinajstić information content (AvgIpc) is 3.38. The highest BCUT2D eigenvalue weighted by Gasteiger charge is 2.10. The number of anilines is 2. The number of carbonyl (C=O) groups excluding carboxylic acids is 1. The van der Waals surface area contributed by atoms with Crippen molar-refractivity contribution < 1.29 is 13.9 Å². The SMILES string of the molecule is C=CC(=N/C(=C\N)Nc1cccc(-c2cnco2)c1)Oc1cccc2c(NC(C)=O)cccc12. The summed E-state index contributed by atoms with van der Waals surface area (Å²) in [6.07, 6.45) is 5.85. The van der Waals surface area contributed by atoms with E-state index in [0.717, 1.165) is 22.0 Å². The molecule has 0 saturated carbocycles. The van der Waals surface area contributed by atoms with E-state index in [1.807, 2.05) is 60.7 Å².